The monoisotopic (exact) mass is 392 g/mol. The lowest BCUT2D eigenvalue weighted by Gasteiger charge is -2.33. The van der Waals surface area contributed by atoms with Crippen LogP contribution in [-0.2, 0) is 6.42 Å². The van der Waals surface area contributed by atoms with Gasteiger partial charge in [0.1, 0.15) is 0 Å². The van der Waals surface area contributed by atoms with Crippen molar-refractivity contribution in [1.29, 1.82) is 0 Å². The smallest absolute Gasteiger partial charge is 0.191 e. The molecule has 2 N–H and O–H groups in total. The Morgan fingerprint density at radius 3 is 2.68 bits per heavy atom. The van der Waals surface area contributed by atoms with Crippen LogP contribution in [0, 0.1) is 0 Å². The fourth-order valence-electron chi connectivity index (χ4n) is 3.91. The van der Waals surface area contributed by atoms with Crippen LogP contribution in [0.2, 0.25) is 0 Å². The summed E-state index contributed by atoms with van der Waals surface area (Å²) < 4.78 is 0. The summed E-state index contributed by atoms with van der Waals surface area (Å²) in [5, 5.41) is 13.3. The molecule has 0 saturated carbocycles. The van der Waals surface area contributed by atoms with Gasteiger partial charge in [-0.1, -0.05) is 42.5 Å². The maximum Gasteiger partial charge on any atom is 0.191 e. The van der Waals surface area contributed by atoms with E-state index in [1.807, 2.05) is 18.4 Å². The second-order valence-corrected chi connectivity index (χ2v) is 8.17. The zero-order valence-corrected chi connectivity index (χ0v) is 17.2. The minimum absolute atomic E-state index is 0.486. The third-order valence-electron chi connectivity index (χ3n) is 5.44. The molecule has 4 nitrogen and oxygen atoms in total. The molecule has 0 radical (unpaired) electrons. The van der Waals surface area contributed by atoms with Gasteiger partial charge in [0.25, 0.3) is 0 Å². The van der Waals surface area contributed by atoms with Crippen LogP contribution in [0.15, 0.2) is 65.0 Å². The first kappa shape index (κ1) is 18.8. The molecule has 1 fully saturated rings. The molecule has 1 aliphatic rings. The molecule has 28 heavy (non-hydrogen) atoms. The van der Waals surface area contributed by atoms with Crippen molar-refractivity contribution in [2.75, 3.05) is 31.6 Å². The van der Waals surface area contributed by atoms with Gasteiger partial charge in [-0.3, -0.25) is 4.99 Å². The van der Waals surface area contributed by atoms with Gasteiger partial charge in [-0.25, -0.2) is 0 Å². The van der Waals surface area contributed by atoms with E-state index in [1.54, 1.807) is 0 Å². The van der Waals surface area contributed by atoms with Crippen LogP contribution in [0.4, 0.5) is 5.00 Å². The van der Waals surface area contributed by atoms with Crippen molar-refractivity contribution in [2.24, 2.45) is 4.99 Å². The first-order chi connectivity index (χ1) is 13.8. The Morgan fingerprint density at radius 1 is 1.07 bits per heavy atom. The summed E-state index contributed by atoms with van der Waals surface area (Å²) >= 11 is 1.83. The van der Waals surface area contributed by atoms with Crippen molar-refractivity contribution < 1.29 is 0 Å². The molecule has 0 bridgehead atoms. The first-order valence-electron chi connectivity index (χ1n) is 10.1. The number of hydrogen-bond donors (Lipinski definition) is 2. The van der Waals surface area contributed by atoms with Crippen molar-refractivity contribution in [3.05, 3.63) is 65.5 Å². The topological polar surface area (TPSA) is 39.7 Å². The molecule has 0 spiro atoms. The summed E-state index contributed by atoms with van der Waals surface area (Å²) in [6.45, 7) is 3.08. The fraction of sp³-hybridized carbons (Fsp3) is 0.348. The zero-order valence-electron chi connectivity index (χ0n) is 16.4. The van der Waals surface area contributed by atoms with Crippen LogP contribution in [-0.4, -0.2) is 38.7 Å². The van der Waals surface area contributed by atoms with Gasteiger partial charge in [0, 0.05) is 32.7 Å². The number of rotatable bonds is 5. The number of piperidine rings is 1. The van der Waals surface area contributed by atoms with Crippen molar-refractivity contribution in [1.82, 2.24) is 10.6 Å². The number of hydrogen-bond acceptors (Lipinski definition) is 3. The van der Waals surface area contributed by atoms with Gasteiger partial charge in [-0.15, -0.1) is 11.3 Å². The predicted octanol–water partition coefficient (Wildman–Crippen LogP) is 4.28. The number of nitrogens with zero attached hydrogens (tertiary/aromatic N) is 2. The molecule has 5 heteroatoms. The van der Waals surface area contributed by atoms with E-state index in [0.29, 0.717) is 6.04 Å². The fourth-order valence-corrected chi connectivity index (χ4v) is 4.69. The third-order valence-corrected chi connectivity index (χ3v) is 6.37. The molecule has 1 aliphatic heterocycles. The number of benzene rings is 2. The molecule has 4 rings (SSSR count). The summed E-state index contributed by atoms with van der Waals surface area (Å²) in [6, 6.07) is 20.0. The highest BCUT2D eigenvalue weighted by molar-refractivity contribution is 7.14. The molecule has 0 atom stereocenters. The minimum Gasteiger partial charge on any atom is -0.363 e. The zero-order chi connectivity index (χ0) is 19.2. The molecule has 1 aromatic heterocycles. The average molecular weight is 393 g/mol. The van der Waals surface area contributed by atoms with Gasteiger partial charge in [0.05, 0.1) is 5.00 Å². The average Bonchev–Trinajstić information content (AvgIpc) is 3.28. The molecule has 0 unspecified atom stereocenters. The second-order valence-electron chi connectivity index (χ2n) is 7.24. The van der Waals surface area contributed by atoms with Gasteiger partial charge in [-0.2, -0.15) is 0 Å². The van der Waals surface area contributed by atoms with E-state index in [4.69, 9.17) is 0 Å². The molecule has 0 amide bonds. The normalized spacial score (nSPS) is 15.8. The maximum absolute atomic E-state index is 4.43. The van der Waals surface area contributed by atoms with Crippen molar-refractivity contribution in [2.45, 2.75) is 25.3 Å². The number of guanidine groups is 1. The molecular formula is C23H28N4S. The Labute approximate surface area is 171 Å². The highest BCUT2D eigenvalue weighted by Gasteiger charge is 2.20. The summed E-state index contributed by atoms with van der Waals surface area (Å²) in [5.41, 5.74) is 1.38. The van der Waals surface area contributed by atoms with E-state index in [1.165, 1.54) is 21.3 Å². The van der Waals surface area contributed by atoms with Gasteiger partial charge >= 0.3 is 0 Å². The minimum atomic E-state index is 0.486. The summed E-state index contributed by atoms with van der Waals surface area (Å²) in [4.78, 5) is 6.91. The lowest BCUT2D eigenvalue weighted by molar-refractivity contribution is 0.463. The van der Waals surface area contributed by atoms with Gasteiger partial charge in [-0.05, 0) is 53.1 Å². The van der Waals surface area contributed by atoms with Crippen LogP contribution in [0.5, 0.6) is 0 Å². The largest absolute Gasteiger partial charge is 0.363 e. The number of anilines is 1. The molecule has 146 valence electrons. The van der Waals surface area contributed by atoms with Crippen molar-refractivity contribution in [3.8, 4) is 0 Å². The van der Waals surface area contributed by atoms with E-state index in [9.17, 15) is 0 Å². The molecule has 3 aromatic rings. The number of aliphatic imine (C=N–C) groups is 1. The quantitative estimate of drug-likeness (QED) is 0.503. The molecule has 2 heterocycles. The lowest BCUT2D eigenvalue weighted by atomic mass is 10.0. The summed E-state index contributed by atoms with van der Waals surface area (Å²) in [5.74, 6) is 0.912. The molecule has 1 saturated heterocycles. The Kier molecular flexibility index (Phi) is 6.12. The summed E-state index contributed by atoms with van der Waals surface area (Å²) in [7, 11) is 1.86. The van der Waals surface area contributed by atoms with Crippen LogP contribution in [0.1, 0.15) is 18.4 Å². The van der Waals surface area contributed by atoms with Crippen LogP contribution in [0.3, 0.4) is 0 Å². The van der Waals surface area contributed by atoms with E-state index < -0.39 is 0 Å². The molecule has 0 aliphatic carbocycles. The second kappa shape index (κ2) is 9.11. The number of thiophene rings is 1. The summed E-state index contributed by atoms with van der Waals surface area (Å²) in [6.07, 6.45) is 3.27. The standard InChI is InChI=1S/C23H28N4S/c1-24-23(26-20-12-15-27(16-13-20)22-10-5-17-28-22)25-14-11-19-8-4-7-18-6-2-3-9-21(18)19/h2-10,17,20H,11-16H2,1H3,(H2,24,25,26). The number of nitrogens with one attached hydrogen (secondary N) is 2. The van der Waals surface area contributed by atoms with E-state index in [2.05, 4.69) is 80.5 Å². The van der Waals surface area contributed by atoms with E-state index in [-0.39, 0.29) is 0 Å². The SMILES string of the molecule is CN=C(NCCc1cccc2ccccc12)NC1CCN(c2cccs2)CC1. The predicted molar refractivity (Wildman–Crippen MR) is 122 cm³/mol. The Morgan fingerprint density at radius 2 is 1.89 bits per heavy atom. The van der Waals surface area contributed by atoms with Gasteiger partial charge in [0.15, 0.2) is 5.96 Å². The Bertz CT molecular complexity index is 906. The van der Waals surface area contributed by atoms with Gasteiger partial charge in [0.2, 0.25) is 0 Å². The van der Waals surface area contributed by atoms with Crippen LogP contribution in [0.25, 0.3) is 10.8 Å². The molecular weight excluding hydrogens is 364 g/mol. The Balaban J connectivity index is 1.26. The van der Waals surface area contributed by atoms with Crippen molar-refractivity contribution >= 4 is 33.1 Å². The van der Waals surface area contributed by atoms with Crippen LogP contribution >= 0.6 is 11.3 Å². The first-order valence-corrected chi connectivity index (χ1v) is 10.9. The maximum atomic E-state index is 4.43. The highest BCUT2D eigenvalue weighted by Crippen LogP contribution is 2.24. The van der Waals surface area contributed by atoms with Crippen molar-refractivity contribution in [3.63, 3.8) is 0 Å². The van der Waals surface area contributed by atoms with E-state index >= 15 is 0 Å². The third kappa shape index (κ3) is 4.47. The van der Waals surface area contributed by atoms with E-state index in [0.717, 1.165) is 44.9 Å². The Hall–Kier alpha value is -2.53. The van der Waals surface area contributed by atoms with Gasteiger partial charge < -0.3 is 15.5 Å². The van der Waals surface area contributed by atoms with Crippen LogP contribution < -0.4 is 15.5 Å². The lowest BCUT2D eigenvalue weighted by Crippen LogP contribution is -2.49. The number of fused-ring (bicyclic) bond motifs is 1. The molecule has 2 aromatic carbocycles. The highest BCUT2D eigenvalue weighted by atomic mass is 32.1.